The zero-order chi connectivity index (χ0) is 10.8. The molecule has 1 rings (SSSR count). The van der Waals surface area contributed by atoms with Crippen LogP contribution in [0.1, 0.15) is 19.8 Å². The SMILES string of the molecule is C=CSC(=O)C1(C)OCCCC1(F)F. The number of rotatable bonds is 2. The highest BCUT2D eigenvalue weighted by molar-refractivity contribution is 8.16. The minimum atomic E-state index is -3.08. The first-order valence-electron chi connectivity index (χ1n) is 4.28. The van der Waals surface area contributed by atoms with E-state index in [1.54, 1.807) is 0 Å². The number of alkyl halides is 2. The Morgan fingerprint density at radius 3 is 2.79 bits per heavy atom. The van der Waals surface area contributed by atoms with E-state index in [2.05, 4.69) is 6.58 Å². The zero-order valence-corrected chi connectivity index (χ0v) is 8.70. The molecule has 80 valence electrons. The summed E-state index contributed by atoms with van der Waals surface area (Å²) < 4.78 is 31.8. The Labute approximate surface area is 85.7 Å². The first kappa shape index (κ1) is 11.7. The van der Waals surface area contributed by atoms with Crippen LogP contribution in [0.2, 0.25) is 0 Å². The van der Waals surface area contributed by atoms with Gasteiger partial charge in [-0.25, -0.2) is 8.78 Å². The molecule has 1 unspecified atom stereocenters. The lowest BCUT2D eigenvalue weighted by Crippen LogP contribution is -2.55. The van der Waals surface area contributed by atoms with E-state index in [1.807, 2.05) is 0 Å². The first-order chi connectivity index (χ1) is 6.44. The summed E-state index contributed by atoms with van der Waals surface area (Å²) >= 11 is 0.659. The molecule has 1 atom stereocenters. The van der Waals surface area contributed by atoms with Crippen LogP contribution in [0.4, 0.5) is 8.78 Å². The summed E-state index contributed by atoms with van der Waals surface area (Å²) in [4.78, 5) is 11.4. The van der Waals surface area contributed by atoms with Crippen molar-refractivity contribution < 1.29 is 18.3 Å². The molecule has 0 aromatic heterocycles. The van der Waals surface area contributed by atoms with Crippen LogP contribution in [0.3, 0.4) is 0 Å². The molecule has 1 aliphatic rings. The van der Waals surface area contributed by atoms with Gasteiger partial charge >= 0.3 is 0 Å². The van der Waals surface area contributed by atoms with Crippen molar-refractivity contribution in [1.29, 1.82) is 0 Å². The Hall–Kier alpha value is -0.420. The topological polar surface area (TPSA) is 26.3 Å². The molecule has 0 radical (unpaired) electrons. The van der Waals surface area contributed by atoms with E-state index in [4.69, 9.17) is 4.74 Å². The van der Waals surface area contributed by atoms with Crippen LogP contribution < -0.4 is 0 Å². The highest BCUT2D eigenvalue weighted by Gasteiger charge is 2.57. The van der Waals surface area contributed by atoms with Gasteiger partial charge in [-0.1, -0.05) is 18.3 Å². The maximum absolute atomic E-state index is 13.4. The van der Waals surface area contributed by atoms with E-state index in [1.165, 1.54) is 5.41 Å². The number of ether oxygens (including phenoxy) is 1. The minimum absolute atomic E-state index is 0.204. The van der Waals surface area contributed by atoms with Crippen LogP contribution in [0.25, 0.3) is 0 Å². The Morgan fingerprint density at radius 2 is 2.29 bits per heavy atom. The van der Waals surface area contributed by atoms with Gasteiger partial charge < -0.3 is 4.74 Å². The van der Waals surface area contributed by atoms with Crippen molar-refractivity contribution in [2.75, 3.05) is 6.61 Å². The molecular formula is C9H12F2O2S. The smallest absolute Gasteiger partial charge is 0.284 e. The largest absolute Gasteiger partial charge is 0.360 e. The molecule has 1 saturated heterocycles. The number of hydrogen-bond acceptors (Lipinski definition) is 3. The Balaban J connectivity index is 2.88. The summed E-state index contributed by atoms with van der Waals surface area (Å²) in [6.07, 6.45) is -0.0123. The lowest BCUT2D eigenvalue weighted by atomic mass is 9.92. The van der Waals surface area contributed by atoms with Crippen molar-refractivity contribution in [3.05, 3.63) is 12.0 Å². The monoisotopic (exact) mass is 222 g/mol. The normalized spacial score (nSPS) is 31.1. The van der Waals surface area contributed by atoms with E-state index in [0.717, 1.165) is 6.92 Å². The van der Waals surface area contributed by atoms with Crippen LogP contribution in [-0.2, 0) is 9.53 Å². The van der Waals surface area contributed by atoms with Gasteiger partial charge in [0.05, 0.1) is 0 Å². The quantitative estimate of drug-likeness (QED) is 0.718. The molecule has 1 heterocycles. The molecule has 0 aliphatic carbocycles. The predicted molar refractivity (Wildman–Crippen MR) is 51.3 cm³/mol. The van der Waals surface area contributed by atoms with Gasteiger partial charge in [0.1, 0.15) is 0 Å². The molecule has 1 aliphatic heterocycles. The maximum atomic E-state index is 13.4. The molecule has 1 fully saturated rings. The second-order valence-electron chi connectivity index (χ2n) is 3.26. The molecule has 0 N–H and O–H groups in total. The van der Waals surface area contributed by atoms with Crippen molar-refractivity contribution in [3.8, 4) is 0 Å². The highest BCUT2D eigenvalue weighted by Crippen LogP contribution is 2.42. The van der Waals surface area contributed by atoms with Crippen LogP contribution in [-0.4, -0.2) is 23.2 Å². The van der Waals surface area contributed by atoms with Crippen molar-refractivity contribution >= 4 is 16.9 Å². The summed E-state index contributed by atoms with van der Waals surface area (Å²) in [5, 5.41) is 0.555. The lowest BCUT2D eigenvalue weighted by Gasteiger charge is -2.38. The molecule has 2 nitrogen and oxygen atoms in total. The van der Waals surface area contributed by atoms with E-state index in [0.29, 0.717) is 11.8 Å². The molecule has 0 spiro atoms. The van der Waals surface area contributed by atoms with Gasteiger partial charge in [-0.3, -0.25) is 4.79 Å². The molecule has 0 aromatic carbocycles. The third-order valence-electron chi connectivity index (χ3n) is 2.30. The summed E-state index contributed by atoms with van der Waals surface area (Å²) in [7, 11) is 0. The summed E-state index contributed by atoms with van der Waals surface area (Å²) in [5.74, 6) is -3.08. The standard InChI is InChI=1S/C9H12F2O2S/c1-3-14-7(12)8(2)9(10,11)5-4-6-13-8/h3H,1,4-6H2,2H3. The molecule has 0 amide bonds. The number of thioether (sulfide) groups is 1. The van der Waals surface area contributed by atoms with E-state index in [-0.39, 0.29) is 19.4 Å². The second-order valence-corrected chi connectivity index (χ2v) is 4.20. The Bertz CT molecular complexity index is 255. The summed E-state index contributed by atoms with van der Waals surface area (Å²) in [6.45, 7) is 4.66. The van der Waals surface area contributed by atoms with Gasteiger partial charge in [0.15, 0.2) is 5.60 Å². The number of carbonyl (C=O) groups excluding carboxylic acids is 1. The molecule has 5 heteroatoms. The second kappa shape index (κ2) is 3.98. The first-order valence-corrected chi connectivity index (χ1v) is 5.16. The van der Waals surface area contributed by atoms with Gasteiger partial charge in [0.2, 0.25) is 5.12 Å². The highest BCUT2D eigenvalue weighted by atomic mass is 32.2. The fourth-order valence-corrected chi connectivity index (χ4v) is 1.90. The van der Waals surface area contributed by atoms with Crippen molar-refractivity contribution in [2.45, 2.75) is 31.3 Å². The fourth-order valence-electron chi connectivity index (χ4n) is 1.31. The van der Waals surface area contributed by atoms with Gasteiger partial charge in [-0.05, 0) is 18.8 Å². The maximum Gasteiger partial charge on any atom is 0.284 e. The molecular weight excluding hydrogens is 210 g/mol. The van der Waals surface area contributed by atoms with Gasteiger partial charge in [0.25, 0.3) is 5.92 Å². The third-order valence-corrected chi connectivity index (χ3v) is 3.07. The number of halogens is 2. The fraction of sp³-hybridized carbons (Fsp3) is 0.667. The minimum Gasteiger partial charge on any atom is -0.360 e. The molecule has 0 saturated carbocycles. The molecule has 14 heavy (non-hydrogen) atoms. The summed E-state index contributed by atoms with van der Waals surface area (Å²) in [6, 6.07) is 0. The Kier molecular flexibility index (Phi) is 3.32. The van der Waals surface area contributed by atoms with E-state index in [9.17, 15) is 13.6 Å². The van der Waals surface area contributed by atoms with Gasteiger partial charge in [0, 0.05) is 13.0 Å². The third kappa shape index (κ3) is 1.83. The molecule has 0 aromatic rings. The van der Waals surface area contributed by atoms with Crippen LogP contribution in [0.15, 0.2) is 12.0 Å². The van der Waals surface area contributed by atoms with Crippen molar-refractivity contribution in [1.82, 2.24) is 0 Å². The van der Waals surface area contributed by atoms with Gasteiger partial charge in [-0.15, -0.1) is 0 Å². The van der Waals surface area contributed by atoms with E-state index < -0.39 is 16.6 Å². The predicted octanol–water partition coefficient (Wildman–Crippen LogP) is 2.59. The van der Waals surface area contributed by atoms with Crippen LogP contribution >= 0.6 is 11.8 Å². The average Bonchev–Trinajstić information content (AvgIpc) is 2.10. The zero-order valence-electron chi connectivity index (χ0n) is 7.89. The van der Waals surface area contributed by atoms with E-state index >= 15 is 0 Å². The van der Waals surface area contributed by atoms with Crippen LogP contribution in [0, 0.1) is 0 Å². The van der Waals surface area contributed by atoms with Crippen molar-refractivity contribution in [2.24, 2.45) is 0 Å². The average molecular weight is 222 g/mol. The van der Waals surface area contributed by atoms with Crippen LogP contribution in [0.5, 0.6) is 0 Å². The lowest BCUT2D eigenvalue weighted by molar-refractivity contribution is -0.218. The van der Waals surface area contributed by atoms with Crippen molar-refractivity contribution in [3.63, 3.8) is 0 Å². The Morgan fingerprint density at radius 1 is 1.64 bits per heavy atom. The molecule has 0 bridgehead atoms. The van der Waals surface area contributed by atoms with Gasteiger partial charge in [-0.2, -0.15) is 0 Å². The summed E-state index contributed by atoms with van der Waals surface area (Å²) in [5.41, 5.74) is -2.00. The number of carbonyl (C=O) groups is 1. The number of hydrogen-bond donors (Lipinski definition) is 0.